The molecule has 20 heavy (non-hydrogen) atoms. The Morgan fingerprint density at radius 2 is 1.85 bits per heavy atom. The normalized spacial score (nSPS) is 12.8. The number of hydrogen-bond acceptors (Lipinski definition) is 3. The minimum atomic E-state index is -4.34. The van der Waals surface area contributed by atoms with E-state index in [1.807, 2.05) is 6.92 Å². The molecule has 0 aliphatic carbocycles. The highest BCUT2D eigenvalue weighted by molar-refractivity contribution is 5.70. The van der Waals surface area contributed by atoms with Crippen molar-refractivity contribution in [1.82, 2.24) is 0 Å². The van der Waals surface area contributed by atoms with Gasteiger partial charge in [0, 0.05) is 11.7 Å². The van der Waals surface area contributed by atoms with E-state index >= 15 is 0 Å². The van der Waals surface area contributed by atoms with Gasteiger partial charge in [0.1, 0.15) is 0 Å². The van der Waals surface area contributed by atoms with Gasteiger partial charge in [0.2, 0.25) is 0 Å². The molecule has 0 aliphatic rings. The number of carbonyl (C=O) groups is 1. The first-order chi connectivity index (χ1) is 9.36. The first-order valence-electron chi connectivity index (χ1n) is 6.46. The zero-order chi connectivity index (χ0) is 15.2. The standard InChI is InChI=1S/C14H18F3NO2/c1-3-11(9-13(19)20-4-2)18-12-7-5-10(6-8-12)14(15,16)17/h5-8,11,18H,3-4,9H2,1-2H3/t11-/m0/s1. The number of hydrogen-bond donors (Lipinski definition) is 1. The maximum atomic E-state index is 12.4. The predicted octanol–water partition coefficient (Wildman–Crippen LogP) is 3.85. The van der Waals surface area contributed by atoms with Crippen LogP contribution in [0.2, 0.25) is 0 Å². The van der Waals surface area contributed by atoms with Crippen molar-refractivity contribution in [3.63, 3.8) is 0 Å². The van der Waals surface area contributed by atoms with Crippen molar-refractivity contribution in [3.05, 3.63) is 29.8 Å². The van der Waals surface area contributed by atoms with E-state index in [0.29, 0.717) is 18.7 Å². The van der Waals surface area contributed by atoms with Crippen LogP contribution in [0.15, 0.2) is 24.3 Å². The van der Waals surface area contributed by atoms with Crippen molar-refractivity contribution in [3.8, 4) is 0 Å². The molecule has 112 valence electrons. The Balaban J connectivity index is 2.64. The van der Waals surface area contributed by atoms with E-state index < -0.39 is 11.7 Å². The summed E-state index contributed by atoms with van der Waals surface area (Å²) >= 11 is 0. The SMILES string of the molecule is CCOC(=O)C[C@H](CC)Nc1ccc(C(F)(F)F)cc1. The second-order valence-electron chi connectivity index (χ2n) is 4.33. The Bertz CT molecular complexity index is 429. The molecule has 0 spiro atoms. The maximum Gasteiger partial charge on any atom is 0.416 e. The van der Waals surface area contributed by atoms with Gasteiger partial charge in [0.25, 0.3) is 0 Å². The third-order valence-electron chi connectivity index (χ3n) is 2.79. The Labute approximate surface area is 116 Å². The average molecular weight is 289 g/mol. The van der Waals surface area contributed by atoms with Crippen LogP contribution in [-0.4, -0.2) is 18.6 Å². The van der Waals surface area contributed by atoms with E-state index in [4.69, 9.17) is 4.74 Å². The Morgan fingerprint density at radius 3 is 2.30 bits per heavy atom. The summed E-state index contributed by atoms with van der Waals surface area (Å²) in [5.41, 5.74) is -0.143. The number of anilines is 1. The Morgan fingerprint density at radius 1 is 1.25 bits per heavy atom. The molecule has 0 amide bonds. The van der Waals surface area contributed by atoms with E-state index in [1.165, 1.54) is 12.1 Å². The van der Waals surface area contributed by atoms with E-state index in [0.717, 1.165) is 12.1 Å². The average Bonchev–Trinajstić information content (AvgIpc) is 2.37. The van der Waals surface area contributed by atoms with Gasteiger partial charge in [-0.1, -0.05) is 6.92 Å². The first-order valence-corrected chi connectivity index (χ1v) is 6.46. The minimum Gasteiger partial charge on any atom is -0.466 e. The molecule has 0 bridgehead atoms. The number of nitrogens with one attached hydrogen (secondary N) is 1. The largest absolute Gasteiger partial charge is 0.466 e. The lowest BCUT2D eigenvalue weighted by molar-refractivity contribution is -0.143. The van der Waals surface area contributed by atoms with Crippen molar-refractivity contribution in [2.75, 3.05) is 11.9 Å². The van der Waals surface area contributed by atoms with Crippen LogP contribution in [0.5, 0.6) is 0 Å². The van der Waals surface area contributed by atoms with Gasteiger partial charge in [-0.05, 0) is 37.6 Å². The molecule has 1 atom stereocenters. The molecule has 1 aromatic carbocycles. The lowest BCUT2D eigenvalue weighted by Crippen LogP contribution is -2.23. The summed E-state index contributed by atoms with van der Waals surface area (Å²) in [6.45, 7) is 3.93. The molecule has 0 heterocycles. The van der Waals surface area contributed by atoms with Crippen molar-refractivity contribution in [2.45, 2.75) is 38.9 Å². The fraction of sp³-hybridized carbons (Fsp3) is 0.500. The van der Waals surface area contributed by atoms with Crippen LogP contribution in [0.25, 0.3) is 0 Å². The number of ether oxygens (including phenoxy) is 1. The van der Waals surface area contributed by atoms with Crippen LogP contribution in [0.4, 0.5) is 18.9 Å². The Hall–Kier alpha value is -1.72. The van der Waals surface area contributed by atoms with Crippen molar-refractivity contribution < 1.29 is 22.7 Å². The molecule has 0 unspecified atom stereocenters. The van der Waals surface area contributed by atoms with Crippen LogP contribution in [-0.2, 0) is 15.7 Å². The van der Waals surface area contributed by atoms with Crippen LogP contribution < -0.4 is 5.32 Å². The number of esters is 1. The van der Waals surface area contributed by atoms with Gasteiger partial charge >= 0.3 is 12.1 Å². The number of benzene rings is 1. The number of halogens is 3. The van der Waals surface area contributed by atoms with Crippen LogP contribution in [0.3, 0.4) is 0 Å². The van der Waals surface area contributed by atoms with Gasteiger partial charge in [-0.25, -0.2) is 0 Å². The summed E-state index contributed by atoms with van der Waals surface area (Å²) in [6, 6.07) is 4.58. The monoisotopic (exact) mass is 289 g/mol. The van der Waals surface area contributed by atoms with Gasteiger partial charge in [-0.15, -0.1) is 0 Å². The summed E-state index contributed by atoms with van der Waals surface area (Å²) in [4.78, 5) is 11.4. The number of alkyl halides is 3. The fourth-order valence-corrected chi connectivity index (χ4v) is 1.71. The van der Waals surface area contributed by atoms with E-state index in [1.54, 1.807) is 6.92 Å². The molecule has 0 saturated heterocycles. The van der Waals surface area contributed by atoms with Gasteiger partial charge in [-0.3, -0.25) is 4.79 Å². The summed E-state index contributed by atoms with van der Waals surface area (Å²) < 4.78 is 42.1. The van der Waals surface area contributed by atoms with Crippen LogP contribution in [0.1, 0.15) is 32.3 Å². The molecule has 0 radical (unpaired) electrons. The molecule has 6 heteroatoms. The minimum absolute atomic E-state index is 0.161. The molecule has 1 aromatic rings. The zero-order valence-electron chi connectivity index (χ0n) is 11.5. The number of rotatable bonds is 6. The molecular formula is C14H18F3NO2. The molecule has 0 aromatic heterocycles. The molecule has 1 N–H and O–H groups in total. The van der Waals surface area contributed by atoms with Crippen molar-refractivity contribution in [1.29, 1.82) is 0 Å². The van der Waals surface area contributed by atoms with Crippen LogP contribution >= 0.6 is 0 Å². The highest BCUT2D eigenvalue weighted by Gasteiger charge is 2.30. The first kappa shape index (κ1) is 16.3. The maximum absolute atomic E-state index is 12.4. The van der Waals surface area contributed by atoms with Crippen LogP contribution in [0, 0.1) is 0 Å². The van der Waals surface area contributed by atoms with E-state index in [9.17, 15) is 18.0 Å². The van der Waals surface area contributed by atoms with Gasteiger partial charge in [-0.2, -0.15) is 13.2 Å². The molecular weight excluding hydrogens is 271 g/mol. The molecule has 0 saturated carbocycles. The van der Waals surface area contributed by atoms with E-state index in [2.05, 4.69) is 5.32 Å². The smallest absolute Gasteiger partial charge is 0.416 e. The fourth-order valence-electron chi connectivity index (χ4n) is 1.71. The second-order valence-corrected chi connectivity index (χ2v) is 4.33. The molecule has 3 nitrogen and oxygen atoms in total. The van der Waals surface area contributed by atoms with E-state index in [-0.39, 0.29) is 18.4 Å². The van der Waals surface area contributed by atoms with Crippen molar-refractivity contribution in [2.24, 2.45) is 0 Å². The quantitative estimate of drug-likeness (QED) is 0.808. The van der Waals surface area contributed by atoms with Crippen molar-refractivity contribution >= 4 is 11.7 Å². The third kappa shape index (κ3) is 5.11. The molecule has 1 rings (SSSR count). The van der Waals surface area contributed by atoms with Gasteiger partial charge in [0.05, 0.1) is 18.6 Å². The third-order valence-corrected chi connectivity index (χ3v) is 2.79. The van der Waals surface area contributed by atoms with Gasteiger partial charge in [0.15, 0.2) is 0 Å². The lowest BCUT2D eigenvalue weighted by atomic mass is 10.1. The highest BCUT2D eigenvalue weighted by atomic mass is 19.4. The number of carbonyl (C=O) groups excluding carboxylic acids is 1. The summed E-state index contributed by atoms with van der Waals surface area (Å²) in [7, 11) is 0. The zero-order valence-corrected chi connectivity index (χ0v) is 11.5. The predicted molar refractivity (Wildman–Crippen MR) is 70.4 cm³/mol. The summed E-state index contributed by atoms with van der Waals surface area (Å²) in [5.74, 6) is -0.321. The lowest BCUT2D eigenvalue weighted by Gasteiger charge is -2.18. The highest BCUT2D eigenvalue weighted by Crippen LogP contribution is 2.30. The summed E-state index contributed by atoms with van der Waals surface area (Å²) in [6.07, 6.45) is -3.49. The summed E-state index contributed by atoms with van der Waals surface area (Å²) in [5, 5.41) is 3.03. The molecule has 0 fully saturated rings. The Kier molecular flexibility index (Phi) is 5.85. The second kappa shape index (κ2) is 7.17. The topological polar surface area (TPSA) is 38.3 Å². The van der Waals surface area contributed by atoms with Gasteiger partial charge < -0.3 is 10.1 Å². The molecule has 0 aliphatic heterocycles.